The first-order chi connectivity index (χ1) is 9.06. The van der Waals surface area contributed by atoms with E-state index in [1.807, 2.05) is 11.0 Å². The Balaban J connectivity index is 0.00000200. The lowest BCUT2D eigenvalue weighted by atomic mass is 9.90. The molecule has 0 aromatic heterocycles. The number of likely N-dealkylation sites (tertiary alicyclic amines) is 1. The standard InChI is InChI=1S/C15H21FN2O.ClH/c1-11(17)15(19)18-7-5-12(6-8-18)9-13-3-2-4-14(16)10-13;/h2-4,10-12H,5-9,17H2,1H3;1H/t11-;/m1./s1. The average molecular weight is 301 g/mol. The number of hydrogen-bond donors (Lipinski definition) is 1. The molecular formula is C15H22ClFN2O. The molecule has 0 radical (unpaired) electrons. The van der Waals surface area contributed by atoms with Gasteiger partial charge in [0, 0.05) is 13.1 Å². The molecule has 1 saturated heterocycles. The molecule has 1 aromatic carbocycles. The SMILES string of the molecule is C[C@@H](N)C(=O)N1CCC(Cc2cccc(F)c2)CC1.Cl. The van der Waals surface area contributed by atoms with Gasteiger partial charge in [-0.15, -0.1) is 12.4 Å². The summed E-state index contributed by atoms with van der Waals surface area (Å²) in [5.41, 5.74) is 6.65. The molecule has 3 nitrogen and oxygen atoms in total. The molecule has 112 valence electrons. The summed E-state index contributed by atoms with van der Waals surface area (Å²) in [4.78, 5) is 13.6. The fourth-order valence-electron chi connectivity index (χ4n) is 2.64. The third-order valence-electron chi connectivity index (χ3n) is 3.73. The number of nitrogens with zero attached hydrogens (tertiary/aromatic N) is 1. The van der Waals surface area contributed by atoms with Crippen LogP contribution >= 0.6 is 12.4 Å². The van der Waals surface area contributed by atoms with Gasteiger partial charge in [-0.3, -0.25) is 4.79 Å². The Morgan fingerprint density at radius 3 is 2.65 bits per heavy atom. The molecule has 1 heterocycles. The molecular weight excluding hydrogens is 279 g/mol. The molecule has 1 aliphatic rings. The lowest BCUT2D eigenvalue weighted by Crippen LogP contribution is -2.46. The fraction of sp³-hybridized carbons (Fsp3) is 0.533. The van der Waals surface area contributed by atoms with Gasteiger partial charge in [0.2, 0.25) is 5.91 Å². The monoisotopic (exact) mass is 300 g/mol. The Labute approximate surface area is 125 Å². The van der Waals surface area contributed by atoms with Crippen LogP contribution in [0, 0.1) is 11.7 Å². The van der Waals surface area contributed by atoms with Crippen LogP contribution in [-0.4, -0.2) is 29.9 Å². The molecule has 1 fully saturated rings. The number of hydrogen-bond acceptors (Lipinski definition) is 2. The van der Waals surface area contributed by atoms with E-state index in [1.165, 1.54) is 6.07 Å². The van der Waals surface area contributed by atoms with E-state index in [0.29, 0.717) is 5.92 Å². The van der Waals surface area contributed by atoms with Crippen molar-refractivity contribution in [3.63, 3.8) is 0 Å². The van der Waals surface area contributed by atoms with Gasteiger partial charge in [0.25, 0.3) is 0 Å². The number of amides is 1. The first-order valence-electron chi connectivity index (χ1n) is 6.85. The van der Waals surface area contributed by atoms with Crippen LogP contribution in [0.1, 0.15) is 25.3 Å². The van der Waals surface area contributed by atoms with E-state index in [4.69, 9.17) is 5.73 Å². The minimum Gasteiger partial charge on any atom is -0.341 e. The van der Waals surface area contributed by atoms with E-state index < -0.39 is 6.04 Å². The molecule has 0 bridgehead atoms. The van der Waals surface area contributed by atoms with Crippen molar-refractivity contribution in [3.8, 4) is 0 Å². The number of piperidine rings is 1. The maximum Gasteiger partial charge on any atom is 0.239 e. The third kappa shape index (κ3) is 4.46. The van der Waals surface area contributed by atoms with Crippen molar-refractivity contribution in [2.75, 3.05) is 13.1 Å². The van der Waals surface area contributed by atoms with Crippen molar-refractivity contribution < 1.29 is 9.18 Å². The van der Waals surface area contributed by atoms with Gasteiger partial charge in [-0.25, -0.2) is 4.39 Å². The first-order valence-corrected chi connectivity index (χ1v) is 6.85. The van der Waals surface area contributed by atoms with E-state index in [0.717, 1.165) is 37.9 Å². The molecule has 1 amide bonds. The van der Waals surface area contributed by atoms with Crippen LogP contribution in [-0.2, 0) is 11.2 Å². The Morgan fingerprint density at radius 1 is 1.45 bits per heavy atom. The highest BCUT2D eigenvalue weighted by molar-refractivity contribution is 5.85. The highest BCUT2D eigenvalue weighted by Crippen LogP contribution is 2.22. The molecule has 20 heavy (non-hydrogen) atoms. The van der Waals surface area contributed by atoms with Crippen LogP contribution in [0.5, 0.6) is 0 Å². The summed E-state index contributed by atoms with van der Waals surface area (Å²) < 4.78 is 13.1. The van der Waals surface area contributed by atoms with Gasteiger partial charge in [0.1, 0.15) is 5.82 Å². The zero-order chi connectivity index (χ0) is 13.8. The van der Waals surface area contributed by atoms with Crippen molar-refractivity contribution in [2.45, 2.75) is 32.2 Å². The summed E-state index contributed by atoms with van der Waals surface area (Å²) in [6.45, 7) is 3.25. The lowest BCUT2D eigenvalue weighted by Gasteiger charge is -2.33. The van der Waals surface area contributed by atoms with Crippen molar-refractivity contribution in [3.05, 3.63) is 35.6 Å². The highest BCUT2D eigenvalue weighted by Gasteiger charge is 2.24. The van der Waals surface area contributed by atoms with Gasteiger partial charge in [-0.05, 0) is 49.8 Å². The third-order valence-corrected chi connectivity index (χ3v) is 3.73. The second kappa shape index (κ2) is 7.60. The molecule has 2 rings (SSSR count). The largest absolute Gasteiger partial charge is 0.341 e. The van der Waals surface area contributed by atoms with Crippen LogP contribution in [0.4, 0.5) is 4.39 Å². The second-order valence-electron chi connectivity index (χ2n) is 5.39. The number of halogens is 2. The van der Waals surface area contributed by atoms with Crippen LogP contribution in [0.2, 0.25) is 0 Å². The predicted octanol–water partition coefficient (Wildman–Crippen LogP) is 2.38. The zero-order valence-electron chi connectivity index (χ0n) is 11.7. The maximum atomic E-state index is 13.1. The summed E-state index contributed by atoms with van der Waals surface area (Å²) >= 11 is 0. The topological polar surface area (TPSA) is 46.3 Å². The fourth-order valence-corrected chi connectivity index (χ4v) is 2.64. The molecule has 5 heteroatoms. The van der Waals surface area contributed by atoms with Gasteiger partial charge < -0.3 is 10.6 Å². The highest BCUT2D eigenvalue weighted by atomic mass is 35.5. The van der Waals surface area contributed by atoms with Crippen LogP contribution < -0.4 is 5.73 Å². The van der Waals surface area contributed by atoms with Crippen molar-refractivity contribution >= 4 is 18.3 Å². The van der Waals surface area contributed by atoms with Gasteiger partial charge >= 0.3 is 0 Å². The molecule has 0 saturated carbocycles. The Morgan fingerprint density at radius 2 is 2.10 bits per heavy atom. The van der Waals surface area contributed by atoms with E-state index in [9.17, 15) is 9.18 Å². The maximum absolute atomic E-state index is 13.1. The van der Waals surface area contributed by atoms with Crippen molar-refractivity contribution in [2.24, 2.45) is 11.7 Å². The van der Waals surface area contributed by atoms with Crippen LogP contribution in [0.25, 0.3) is 0 Å². The number of rotatable bonds is 3. The molecule has 2 N–H and O–H groups in total. The van der Waals surface area contributed by atoms with Gasteiger partial charge in [-0.2, -0.15) is 0 Å². The predicted molar refractivity (Wildman–Crippen MR) is 80.3 cm³/mol. The lowest BCUT2D eigenvalue weighted by molar-refractivity contribution is -0.133. The first kappa shape index (κ1) is 16.9. The number of benzene rings is 1. The number of carbonyl (C=O) groups is 1. The quantitative estimate of drug-likeness (QED) is 0.931. The Kier molecular flexibility index (Phi) is 6.43. The smallest absolute Gasteiger partial charge is 0.239 e. The van der Waals surface area contributed by atoms with E-state index in [2.05, 4.69) is 0 Å². The summed E-state index contributed by atoms with van der Waals surface area (Å²) in [6, 6.07) is 6.36. The minimum atomic E-state index is -0.417. The molecule has 1 aliphatic heterocycles. The average Bonchev–Trinajstić information content (AvgIpc) is 2.39. The van der Waals surface area contributed by atoms with E-state index in [1.54, 1.807) is 19.1 Å². The van der Waals surface area contributed by atoms with Gasteiger partial charge in [0.15, 0.2) is 0 Å². The second-order valence-corrected chi connectivity index (χ2v) is 5.39. The molecule has 0 aliphatic carbocycles. The normalized spacial score (nSPS) is 17.4. The Hall–Kier alpha value is -1.13. The van der Waals surface area contributed by atoms with Crippen molar-refractivity contribution in [1.82, 2.24) is 4.90 Å². The Bertz CT molecular complexity index is 445. The summed E-state index contributed by atoms with van der Waals surface area (Å²) in [5, 5.41) is 0. The summed E-state index contributed by atoms with van der Waals surface area (Å²) in [5.74, 6) is 0.380. The molecule has 1 atom stereocenters. The number of carbonyl (C=O) groups excluding carboxylic acids is 1. The van der Waals surface area contributed by atoms with Gasteiger partial charge in [-0.1, -0.05) is 12.1 Å². The molecule has 0 unspecified atom stereocenters. The van der Waals surface area contributed by atoms with Crippen molar-refractivity contribution in [1.29, 1.82) is 0 Å². The van der Waals surface area contributed by atoms with Crippen LogP contribution in [0.3, 0.4) is 0 Å². The van der Waals surface area contributed by atoms with E-state index in [-0.39, 0.29) is 24.1 Å². The zero-order valence-corrected chi connectivity index (χ0v) is 12.5. The summed E-state index contributed by atoms with van der Waals surface area (Å²) in [6.07, 6.45) is 2.82. The van der Waals surface area contributed by atoms with E-state index >= 15 is 0 Å². The number of nitrogens with two attached hydrogens (primary N) is 1. The minimum absolute atomic E-state index is 0. The summed E-state index contributed by atoms with van der Waals surface area (Å²) in [7, 11) is 0. The molecule has 0 spiro atoms. The van der Waals surface area contributed by atoms with Gasteiger partial charge in [0.05, 0.1) is 6.04 Å². The molecule has 1 aromatic rings. The van der Waals surface area contributed by atoms with Crippen LogP contribution in [0.15, 0.2) is 24.3 Å².